The maximum absolute atomic E-state index is 11.4. The molecule has 1 heterocycles. The molecule has 1 aromatic carbocycles. The number of carbonyl (C=O) groups is 1. The highest BCUT2D eigenvalue weighted by atomic mass is 32.1. The summed E-state index contributed by atoms with van der Waals surface area (Å²) in [6, 6.07) is 3.92. The summed E-state index contributed by atoms with van der Waals surface area (Å²) in [4.78, 5) is 15.8. The van der Waals surface area contributed by atoms with Crippen molar-refractivity contribution in [3.8, 4) is 0 Å². The van der Waals surface area contributed by atoms with Gasteiger partial charge in [0.1, 0.15) is 0 Å². The van der Waals surface area contributed by atoms with Crippen LogP contribution in [0.3, 0.4) is 0 Å². The SMILES string of the molecule is CCNC(=O)Nc1nc2c(C)ccc(C)c2s1. The standard InChI is InChI=1S/C12H15N3OS/c1-4-13-11(16)15-12-14-9-7(2)5-6-8(3)10(9)17-12/h5-6H,4H2,1-3H3,(H2,13,14,15,16). The minimum atomic E-state index is -0.207. The third-order valence-corrected chi connectivity index (χ3v) is 3.61. The second kappa shape index (κ2) is 4.71. The smallest absolute Gasteiger partial charge is 0.321 e. The topological polar surface area (TPSA) is 54.0 Å². The van der Waals surface area contributed by atoms with Crippen molar-refractivity contribution in [2.75, 3.05) is 11.9 Å². The Morgan fingerprint density at radius 2 is 2.06 bits per heavy atom. The van der Waals surface area contributed by atoms with Gasteiger partial charge in [0.15, 0.2) is 5.13 Å². The summed E-state index contributed by atoms with van der Waals surface area (Å²) in [6.07, 6.45) is 0. The van der Waals surface area contributed by atoms with Crippen LogP contribution in [0, 0.1) is 13.8 Å². The van der Waals surface area contributed by atoms with Gasteiger partial charge < -0.3 is 5.32 Å². The van der Waals surface area contributed by atoms with Gasteiger partial charge in [-0.05, 0) is 31.9 Å². The van der Waals surface area contributed by atoms with E-state index in [4.69, 9.17) is 0 Å². The first-order valence-electron chi connectivity index (χ1n) is 5.53. The molecular formula is C12H15N3OS. The van der Waals surface area contributed by atoms with Crippen LogP contribution in [0.2, 0.25) is 0 Å². The lowest BCUT2D eigenvalue weighted by Crippen LogP contribution is -2.28. The number of anilines is 1. The molecule has 0 atom stereocenters. The molecule has 0 aliphatic carbocycles. The average Bonchev–Trinajstić information content (AvgIpc) is 2.69. The normalized spacial score (nSPS) is 10.5. The molecule has 17 heavy (non-hydrogen) atoms. The Hall–Kier alpha value is -1.62. The van der Waals surface area contributed by atoms with Crippen molar-refractivity contribution >= 4 is 32.7 Å². The van der Waals surface area contributed by atoms with Crippen molar-refractivity contribution < 1.29 is 4.79 Å². The van der Waals surface area contributed by atoms with E-state index in [1.165, 1.54) is 16.9 Å². The Balaban J connectivity index is 2.35. The van der Waals surface area contributed by atoms with E-state index < -0.39 is 0 Å². The van der Waals surface area contributed by atoms with Gasteiger partial charge in [-0.3, -0.25) is 5.32 Å². The summed E-state index contributed by atoms with van der Waals surface area (Å²) in [7, 11) is 0. The maximum atomic E-state index is 11.4. The third kappa shape index (κ3) is 2.39. The molecule has 0 unspecified atom stereocenters. The fourth-order valence-corrected chi connectivity index (χ4v) is 2.62. The second-order valence-electron chi connectivity index (χ2n) is 3.88. The van der Waals surface area contributed by atoms with E-state index in [1.54, 1.807) is 0 Å². The quantitative estimate of drug-likeness (QED) is 0.859. The predicted molar refractivity (Wildman–Crippen MR) is 71.8 cm³/mol. The Kier molecular flexibility index (Phi) is 3.28. The number of nitrogens with zero attached hydrogens (tertiary/aromatic N) is 1. The minimum absolute atomic E-state index is 0.207. The van der Waals surface area contributed by atoms with Gasteiger partial charge >= 0.3 is 6.03 Å². The van der Waals surface area contributed by atoms with Crippen LogP contribution in [-0.2, 0) is 0 Å². The van der Waals surface area contributed by atoms with Crippen molar-refractivity contribution in [2.24, 2.45) is 0 Å². The van der Waals surface area contributed by atoms with Gasteiger partial charge in [-0.1, -0.05) is 23.5 Å². The zero-order valence-electron chi connectivity index (χ0n) is 10.1. The summed E-state index contributed by atoms with van der Waals surface area (Å²) in [5.74, 6) is 0. The van der Waals surface area contributed by atoms with E-state index in [2.05, 4.69) is 28.6 Å². The largest absolute Gasteiger partial charge is 0.338 e. The van der Waals surface area contributed by atoms with Crippen molar-refractivity contribution in [3.05, 3.63) is 23.3 Å². The molecule has 0 aliphatic heterocycles. The van der Waals surface area contributed by atoms with E-state index in [-0.39, 0.29) is 6.03 Å². The van der Waals surface area contributed by atoms with E-state index in [1.807, 2.05) is 19.9 Å². The number of aromatic nitrogens is 1. The minimum Gasteiger partial charge on any atom is -0.338 e. The molecule has 5 heteroatoms. The molecule has 0 fully saturated rings. The zero-order valence-corrected chi connectivity index (χ0v) is 10.9. The first-order valence-corrected chi connectivity index (χ1v) is 6.35. The van der Waals surface area contributed by atoms with Gasteiger partial charge in [-0.25, -0.2) is 9.78 Å². The maximum Gasteiger partial charge on any atom is 0.321 e. The number of thiazole rings is 1. The van der Waals surface area contributed by atoms with E-state index in [9.17, 15) is 4.79 Å². The molecule has 90 valence electrons. The molecule has 2 amide bonds. The predicted octanol–water partition coefficient (Wildman–Crippen LogP) is 3.05. The van der Waals surface area contributed by atoms with Crippen LogP contribution in [0.15, 0.2) is 12.1 Å². The van der Waals surface area contributed by atoms with Crippen LogP contribution in [0.1, 0.15) is 18.1 Å². The summed E-state index contributed by atoms with van der Waals surface area (Å²) in [5.41, 5.74) is 3.29. The van der Waals surface area contributed by atoms with Crippen LogP contribution < -0.4 is 10.6 Å². The molecule has 0 saturated heterocycles. The summed E-state index contributed by atoms with van der Waals surface area (Å²) < 4.78 is 1.14. The number of amides is 2. The fraction of sp³-hybridized carbons (Fsp3) is 0.333. The Morgan fingerprint density at radius 3 is 2.71 bits per heavy atom. The highest BCUT2D eigenvalue weighted by Crippen LogP contribution is 2.30. The van der Waals surface area contributed by atoms with Crippen molar-refractivity contribution in [2.45, 2.75) is 20.8 Å². The highest BCUT2D eigenvalue weighted by Gasteiger charge is 2.10. The lowest BCUT2D eigenvalue weighted by Gasteiger charge is -2.00. The molecule has 4 nitrogen and oxygen atoms in total. The summed E-state index contributed by atoms with van der Waals surface area (Å²) >= 11 is 1.51. The molecule has 0 spiro atoms. The van der Waals surface area contributed by atoms with Gasteiger partial charge in [0, 0.05) is 6.54 Å². The zero-order chi connectivity index (χ0) is 12.4. The molecule has 0 saturated carbocycles. The van der Waals surface area contributed by atoms with Crippen LogP contribution >= 0.6 is 11.3 Å². The molecule has 1 aromatic heterocycles. The molecule has 2 rings (SSSR count). The molecular weight excluding hydrogens is 234 g/mol. The van der Waals surface area contributed by atoms with Crippen LogP contribution in [0.25, 0.3) is 10.2 Å². The fourth-order valence-electron chi connectivity index (χ4n) is 1.61. The summed E-state index contributed by atoms with van der Waals surface area (Å²) in [5, 5.41) is 6.07. The third-order valence-electron chi connectivity index (χ3n) is 2.50. The molecule has 2 aromatic rings. The van der Waals surface area contributed by atoms with Crippen molar-refractivity contribution in [3.63, 3.8) is 0 Å². The van der Waals surface area contributed by atoms with Gasteiger partial charge in [-0.15, -0.1) is 0 Å². The molecule has 0 aliphatic rings. The van der Waals surface area contributed by atoms with Crippen LogP contribution in [0.5, 0.6) is 0 Å². The Morgan fingerprint density at radius 1 is 1.35 bits per heavy atom. The lowest BCUT2D eigenvalue weighted by molar-refractivity contribution is 0.252. The van der Waals surface area contributed by atoms with Crippen molar-refractivity contribution in [1.29, 1.82) is 0 Å². The van der Waals surface area contributed by atoms with Gasteiger partial charge in [-0.2, -0.15) is 0 Å². The van der Waals surface area contributed by atoms with Crippen LogP contribution in [-0.4, -0.2) is 17.6 Å². The summed E-state index contributed by atoms with van der Waals surface area (Å²) in [6.45, 7) is 6.56. The van der Waals surface area contributed by atoms with Crippen molar-refractivity contribution in [1.82, 2.24) is 10.3 Å². The second-order valence-corrected chi connectivity index (χ2v) is 4.88. The molecule has 2 N–H and O–H groups in total. The number of hydrogen-bond acceptors (Lipinski definition) is 3. The number of hydrogen-bond donors (Lipinski definition) is 2. The number of carbonyl (C=O) groups excluding carboxylic acids is 1. The molecule has 0 radical (unpaired) electrons. The average molecular weight is 249 g/mol. The number of fused-ring (bicyclic) bond motifs is 1. The van der Waals surface area contributed by atoms with E-state index >= 15 is 0 Å². The number of benzene rings is 1. The van der Waals surface area contributed by atoms with Gasteiger partial charge in [0.2, 0.25) is 0 Å². The monoisotopic (exact) mass is 249 g/mol. The Labute approximate surface area is 104 Å². The lowest BCUT2D eigenvalue weighted by atomic mass is 10.1. The number of nitrogens with one attached hydrogen (secondary N) is 2. The highest BCUT2D eigenvalue weighted by molar-refractivity contribution is 7.22. The van der Waals surface area contributed by atoms with E-state index in [0.29, 0.717) is 11.7 Å². The first-order chi connectivity index (χ1) is 8.11. The first kappa shape index (κ1) is 11.9. The molecule has 0 bridgehead atoms. The number of aryl methyl sites for hydroxylation is 2. The Bertz CT molecular complexity index is 523. The van der Waals surface area contributed by atoms with Crippen LogP contribution in [0.4, 0.5) is 9.93 Å². The van der Waals surface area contributed by atoms with Gasteiger partial charge in [0.05, 0.1) is 10.2 Å². The van der Waals surface area contributed by atoms with E-state index in [0.717, 1.165) is 15.8 Å². The van der Waals surface area contributed by atoms with Gasteiger partial charge in [0.25, 0.3) is 0 Å². The number of rotatable bonds is 2. The number of urea groups is 1.